The summed E-state index contributed by atoms with van der Waals surface area (Å²) in [6.45, 7) is 0.893. The lowest BCUT2D eigenvalue weighted by molar-refractivity contribution is 0.0692. The normalized spacial score (nSPS) is 15.1. The first kappa shape index (κ1) is 21.6. The number of benzene rings is 1. The number of aromatic nitrogens is 3. The van der Waals surface area contributed by atoms with Crippen LogP contribution in [-0.2, 0) is 11.5 Å². The molecule has 2 aromatic heterocycles. The largest absolute Gasteiger partial charge is 0.477 e. The summed E-state index contributed by atoms with van der Waals surface area (Å²) in [5.74, 6) is 0.309. The number of aromatic carboxylic acids is 1. The van der Waals surface area contributed by atoms with Crippen molar-refractivity contribution in [3.8, 4) is 11.1 Å². The van der Waals surface area contributed by atoms with Gasteiger partial charge in [-0.05, 0) is 55.4 Å². The molecule has 4 rings (SSSR count). The van der Waals surface area contributed by atoms with Gasteiger partial charge in [0.15, 0.2) is 0 Å². The van der Waals surface area contributed by atoms with Crippen LogP contribution in [0.2, 0.25) is 10.0 Å². The molecule has 2 N–H and O–H groups in total. The van der Waals surface area contributed by atoms with Crippen molar-refractivity contribution in [1.29, 1.82) is 0 Å². The van der Waals surface area contributed by atoms with E-state index in [1.807, 2.05) is 0 Å². The minimum absolute atomic E-state index is 0.107. The Morgan fingerprint density at radius 2 is 1.93 bits per heavy atom. The number of carboxylic acid groups (broad SMARTS) is 1. The molecule has 0 saturated heterocycles. The van der Waals surface area contributed by atoms with Crippen molar-refractivity contribution < 1.29 is 14.6 Å². The fraction of sp³-hybridized carbons (Fsp3) is 0.429. The molecule has 3 aromatic rings. The van der Waals surface area contributed by atoms with Crippen molar-refractivity contribution >= 4 is 50.2 Å². The van der Waals surface area contributed by atoms with Crippen LogP contribution >= 0.6 is 33.2 Å². The predicted octanol–water partition coefficient (Wildman–Crippen LogP) is 5.58. The molecule has 0 bridgehead atoms. The molecule has 9 heteroatoms. The fourth-order valence-electron chi connectivity index (χ4n) is 3.50. The molecule has 30 heavy (non-hydrogen) atoms. The molecule has 0 aliphatic heterocycles. The highest BCUT2D eigenvalue weighted by atomic mass is 35.5. The summed E-state index contributed by atoms with van der Waals surface area (Å²) in [4.78, 5) is 15.2. The number of hydrogen-bond acceptors (Lipinski definition) is 3. The van der Waals surface area contributed by atoms with Gasteiger partial charge in [-0.25, -0.2) is 19.5 Å². The van der Waals surface area contributed by atoms with E-state index in [1.165, 1.54) is 0 Å². The predicted molar refractivity (Wildman–Crippen MR) is 125 cm³/mol. The second-order valence-electron chi connectivity index (χ2n) is 8.55. The van der Waals surface area contributed by atoms with Gasteiger partial charge in [0.1, 0.15) is 12.4 Å². The summed E-state index contributed by atoms with van der Waals surface area (Å²) in [7, 11) is -0.655. The summed E-state index contributed by atoms with van der Waals surface area (Å²) >= 11 is 12.4. The number of H-pyrrole nitrogens is 1. The lowest BCUT2D eigenvalue weighted by Gasteiger charge is -2.24. The quantitative estimate of drug-likeness (QED) is 0.421. The van der Waals surface area contributed by atoms with Crippen LogP contribution in [0.1, 0.15) is 34.9 Å². The van der Waals surface area contributed by atoms with Gasteiger partial charge >= 0.3 is 5.97 Å². The molecule has 0 spiro atoms. The average Bonchev–Trinajstić information content (AvgIpc) is 3.29. The van der Waals surface area contributed by atoms with E-state index < -0.39 is 16.0 Å². The van der Waals surface area contributed by atoms with E-state index in [-0.39, 0.29) is 12.4 Å². The Labute approximate surface area is 186 Å². The molecule has 0 amide bonds. The molecule has 1 aliphatic carbocycles. The Balaban J connectivity index is 1.82. The van der Waals surface area contributed by atoms with Crippen molar-refractivity contribution in [3.05, 3.63) is 39.6 Å². The Kier molecular flexibility index (Phi) is 5.83. The number of carboxylic acids is 1. The second-order valence-corrected chi connectivity index (χ2v) is 14.0. The molecule has 1 fully saturated rings. The van der Waals surface area contributed by atoms with E-state index in [9.17, 15) is 9.90 Å². The lowest BCUT2D eigenvalue weighted by Crippen LogP contribution is -2.11. The first-order valence-corrected chi connectivity index (χ1v) is 13.5. The Morgan fingerprint density at radius 1 is 1.27 bits per heavy atom. The topological polar surface area (TPSA) is 80.1 Å². The van der Waals surface area contributed by atoms with E-state index in [1.54, 1.807) is 22.9 Å². The lowest BCUT2D eigenvalue weighted by atomic mass is 10.0. The van der Waals surface area contributed by atoms with Gasteiger partial charge < -0.3 is 14.8 Å². The Hall–Kier alpha value is -1.67. The van der Waals surface area contributed by atoms with Gasteiger partial charge in [0, 0.05) is 27.3 Å². The van der Waals surface area contributed by atoms with Gasteiger partial charge in [0.2, 0.25) is 0 Å². The van der Waals surface area contributed by atoms with Crippen LogP contribution in [0.5, 0.6) is 0 Å². The molecule has 162 valence electrons. The van der Waals surface area contributed by atoms with Gasteiger partial charge in [0.25, 0.3) is 0 Å². The van der Waals surface area contributed by atoms with E-state index in [0.717, 1.165) is 35.3 Å². The van der Waals surface area contributed by atoms with Crippen molar-refractivity contribution in [2.45, 2.75) is 25.5 Å². The molecule has 0 radical (unpaired) electrons. The average molecular weight is 470 g/mol. The number of carbonyl (C=O) groups is 1. The van der Waals surface area contributed by atoms with Crippen molar-refractivity contribution in [3.63, 3.8) is 0 Å². The fourth-order valence-corrected chi connectivity index (χ4v) is 4.64. The molecular weight excluding hydrogens is 445 g/mol. The Bertz CT molecular complexity index is 1090. The molecule has 6 nitrogen and oxygen atoms in total. The van der Waals surface area contributed by atoms with Crippen LogP contribution in [0.15, 0.2) is 18.2 Å². The monoisotopic (exact) mass is 469 g/mol. The highest BCUT2D eigenvalue weighted by molar-refractivity contribution is 8.32. The third kappa shape index (κ3) is 4.49. The van der Waals surface area contributed by atoms with E-state index >= 15 is 0 Å². The van der Waals surface area contributed by atoms with Gasteiger partial charge in [-0.15, -0.1) is 0 Å². The highest BCUT2D eigenvalue weighted by Crippen LogP contribution is 2.45. The van der Waals surface area contributed by atoms with Crippen LogP contribution in [0.3, 0.4) is 0 Å². The molecule has 0 unspecified atom stereocenters. The molecule has 1 saturated carbocycles. The van der Waals surface area contributed by atoms with E-state index in [2.05, 4.69) is 23.8 Å². The van der Waals surface area contributed by atoms with E-state index in [4.69, 9.17) is 33.0 Å². The number of hydrogen-bond donors (Lipinski definition) is 2. The number of ether oxygens (including phenoxy) is 1. The van der Waals surface area contributed by atoms with Gasteiger partial charge in [0.05, 0.1) is 23.3 Å². The van der Waals surface area contributed by atoms with Crippen molar-refractivity contribution in [1.82, 2.24) is 14.8 Å². The highest BCUT2D eigenvalue weighted by Gasteiger charge is 2.33. The molecule has 1 aromatic carbocycles. The zero-order valence-corrected chi connectivity index (χ0v) is 19.5. The number of nitrogens with one attached hydrogen (secondary N) is 1. The van der Waals surface area contributed by atoms with Gasteiger partial charge in [-0.1, -0.05) is 23.2 Å². The van der Waals surface area contributed by atoms with Crippen LogP contribution < -0.4 is 0 Å². The van der Waals surface area contributed by atoms with Crippen LogP contribution in [0.25, 0.3) is 22.2 Å². The molecule has 0 atom stereocenters. The summed E-state index contributed by atoms with van der Waals surface area (Å²) in [6.07, 6.45) is 8.86. The standard InChI is InChI=1S/C21H25Cl2N3O3S/c1-30(2,3)7-6-29-11-26-20-16(13-8-14(22)10-15(23)9-13)18(21(27)28)24-19(20)17(25-26)12-4-5-12/h8-10,12,24H,4-7,11H2,1-3H3,(H,27,28). The summed E-state index contributed by atoms with van der Waals surface area (Å²) < 4.78 is 7.71. The number of rotatable bonds is 8. The minimum atomic E-state index is -1.04. The maximum Gasteiger partial charge on any atom is 0.353 e. The number of nitrogens with zero attached hydrogens (tertiary/aromatic N) is 2. The maximum absolute atomic E-state index is 12.1. The van der Waals surface area contributed by atoms with E-state index in [0.29, 0.717) is 33.7 Å². The number of halogens is 2. The third-order valence-corrected chi connectivity index (χ3v) is 6.93. The first-order chi connectivity index (χ1) is 14.1. The Morgan fingerprint density at radius 3 is 2.50 bits per heavy atom. The number of fused-ring (bicyclic) bond motifs is 1. The smallest absolute Gasteiger partial charge is 0.353 e. The second kappa shape index (κ2) is 8.11. The molecular formula is C21H25Cl2N3O3S. The van der Waals surface area contributed by atoms with Crippen molar-refractivity contribution in [2.75, 3.05) is 31.1 Å². The van der Waals surface area contributed by atoms with Gasteiger partial charge in [-0.3, -0.25) is 0 Å². The summed E-state index contributed by atoms with van der Waals surface area (Å²) in [5.41, 5.74) is 3.65. The van der Waals surface area contributed by atoms with Crippen molar-refractivity contribution in [2.24, 2.45) is 0 Å². The van der Waals surface area contributed by atoms with Crippen LogP contribution in [-0.4, -0.2) is 57.0 Å². The zero-order chi connectivity index (χ0) is 21.6. The third-order valence-electron chi connectivity index (χ3n) is 5.10. The summed E-state index contributed by atoms with van der Waals surface area (Å²) in [6, 6.07) is 5.07. The number of aromatic amines is 1. The van der Waals surface area contributed by atoms with Gasteiger partial charge in [-0.2, -0.15) is 5.10 Å². The zero-order valence-electron chi connectivity index (χ0n) is 17.2. The summed E-state index contributed by atoms with van der Waals surface area (Å²) in [5, 5.41) is 15.5. The SMILES string of the molecule is CS(C)(C)CCOCn1nc(C2CC2)c2[nH]c(C(=O)O)c(-c3cc(Cl)cc(Cl)c3)c21. The van der Waals surface area contributed by atoms with Crippen LogP contribution in [0.4, 0.5) is 0 Å². The maximum atomic E-state index is 12.1. The minimum Gasteiger partial charge on any atom is -0.477 e. The first-order valence-electron chi connectivity index (χ1n) is 9.70. The van der Waals surface area contributed by atoms with Crippen LogP contribution in [0, 0.1) is 0 Å². The molecule has 1 aliphatic rings. The molecule has 2 heterocycles.